The number of hydrogen-bond acceptors (Lipinski definition) is 3. The quantitative estimate of drug-likeness (QED) is 0.794. The fraction of sp³-hybridized carbons (Fsp3) is 0.538. The van der Waals surface area contributed by atoms with E-state index in [4.69, 9.17) is 5.11 Å². The van der Waals surface area contributed by atoms with Crippen LogP contribution in [-0.4, -0.2) is 23.1 Å². The van der Waals surface area contributed by atoms with Crippen molar-refractivity contribution in [3.63, 3.8) is 0 Å². The molecule has 5 nitrogen and oxygen atoms in total. The number of aliphatic carboxylic acids is 1. The SMILES string of the molecule is Cc1ccc(CNC(=O)N[C@@H](C(=O)O)C(C)(C)C)s1. The molecule has 0 bridgehead atoms. The maximum atomic E-state index is 11.7. The summed E-state index contributed by atoms with van der Waals surface area (Å²) >= 11 is 1.60. The number of amides is 2. The van der Waals surface area contributed by atoms with Gasteiger partial charge in [-0.15, -0.1) is 11.3 Å². The lowest BCUT2D eigenvalue weighted by molar-refractivity contribution is -0.141. The number of rotatable bonds is 4. The van der Waals surface area contributed by atoms with E-state index < -0.39 is 23.5 Å². The van der Waals surface area contributed by atoms with Crippen molar-refractivity contribution in [1.82, 2.24) is 10.6 Å². The fourth-order valence-corrected chi connectivity index (χ4v) is 2.41. The summed E-state index contributed by atoms with van der Waals surface area (Å²) in [6.07, 6.45) is 0. The van der Waals surface area contributed by atoms with E-state index in [0.29, 0.717) is 6.54 Å². The number of thiophene rings is 1. The van der Waals surface area contributed by atoms with Gasteiger partial charge in [0, 0.05) is 9.75 Å². The Morgan fingerprint density at radius 2 is 2.00 bits per heavy atom. The highest BCUT2D eigenvalue weighted by Crippen LogP contribution is 2.19. The molecule has 0 aromatic carbocycles. The molecule has 106 valence electrons. The maximum absolute atomic E-state index is 11.7. The maximum Gasteiger partial charge on any atom is 0.326 e. The van der Waals surface area contributed by atoms with Gasteiger partial charge >= 0.3 is 12.0 Å². The molecule has 0 fully saturated rings. The standard InChI is InChI=1S/C13H20N2O3S/c1-8-5-6-9(19-8)7-14-12(18)15-10(11(16)17)13(2,3)4/h5-6,10H,7H2,1-4H3,(H,16,17)(H2,14,15,18)/t10-/m0/s1. The number of carboxylic acids is 1. The van der Waals surface area contributed by atoms with Crippen molar-refractivity contribution in [3.8, 4) is 0 Å². The van der Waals surface area contributed by atoms with Gasteiger partial charge < -0.3 is 15.7 Å². The molecule has 1 rings (SSSR count). The minimum absolute atomic E-state index is 0.404. The molecule has 2 amide bonds. The highest BCUT2D eigenvalue weighted by Gasteiger charge is 2.32. The second-order valence-corrected chi connectivity index (χ2v) is 6.85. The molecule has 0 saturated heterocycles. The van der Waals surface area contributed by atoms with Crippen LogP contribution >= 0.6 is 11.3 Å². The minimum atomic E-state index is -1.03. The number of carbonyl (C=O) groups is 2. The lowest BCUT2D eigenvalue weighted by Crippen LogP contribution is -2.52. The van der Waals surface area contributed by atoms with Crippen LogP contribution in [0, 0.1) is 12.3 Å². The Morgan fingerprint density at radius 1 is 1.37 bits per heavy atom. The zero-order valence-electron chi connectivity index (χ0n) is 11.6. The third-order valence-electron chi connectivity index (χ3n) is 2.61. The van der Waals surface area contributed by atoms with E-state index >= 15 is 0 Å². The van der Waals surface area contributed by atoms with Crippen LogP contribution in [0.15, 0.2) is 12.1 Å². The summed E-state index contributed by atoms with van der Waals surface area (Å²) in [7, 11) is 0. The second kappa shape index (κ2) is 6.06. The Balaban J connectivity index is 2.52. The predicted molar refractivity (Wildman–Crippen MR) is 75.3 cm³/mol. The third-order valence-corrected chi connectivity index (χ3v) is 3.61. The Kier molecular flexibility index (Phi) is 4.94. The Labute approximate surface area is 117 Å². The van der Waals surface area contributed by atoms with Gasteiger partial charge in [0.15, 0.2) is 0 Å². The average molecular weight is 284 g/mol. The van der Waals surface area contributed by atoms with Gasteiger partial charge in [-0.3, -0.25) is 0 Å². The van der Waals surface area contributed by atoms with E-state index in [1.165, 1.54) is 4.88 Å². The summed E-state index contributed by atoms with van der Waals surface area (Å²) < 4.78 is 0. The molecule has 0 unspecified atom stereocenters. The molecule has 19 heavy (non-hydrogen) atoms. The molecule has 1 aromatic rings. The summed E-state index contributed by atoms with van der Waals surface area (Å²) in [6.45, 7) is 7.72. The van der Waals surface area contributed by atoms with Gasteiger partial charge in [-0.2, -0.15) is 0 Å². The van der Waals surface area contributed by atoms with E-state index in [1.54, 1.807) is 32.1 Å². The van der Waals surface area contributed by atoms with Crippen LogP contribution in [0.3, 0.4) is 0 Å². The summed E-state index contributed by atoms with van der Waals surface area (Å²) in [6, 6.07) is 2.54. The normalized spacial score (nSPS) is 12.8. The molecule has 1 aromatic heterocycles. The van der Waals surface area contributed by atoms with Gasteiger partial charge in [-0.05, 0) is 24.5 Å². The van der Waals surface area contributed by atoms with Crippen molar-refractivity contribution >= 4 is 23.3 Å². The first kappa shape index (κ1) is 15.5. The van der Waals surface area contributed by atoms with Gasteiger partial charge in [0.2, 0.25) is 0 Å². The van der Waals surface area contributed by atoms with E-state index in [0.717, 1.165) is 4.88 Å². The van der Waals surface area contributed by atoms with Gasteiger partial charge in [-0.25, -0.2) is 9.59 Å². The Hall–Kier alpha value is -1.56. The van der Waals surface area contributed by atoms with Gasteiger partial charge in [-0.1, -0.05) is 20.8 Å². The van der Waals surface area contributed by atoms with E-state index in [-0.39, 0.29) is 0 Å². The first-order valence-corrected chi connectivity index (χ1v) is 6.84. The minimum Gasteiger partial charge on any atom is -0.480 e. The first-order valence-electron chi connectivity index (χ1n) is 6.02. The monoisotopic (exact) mass is 284 g/mol. The van der Waals surface area contributed by atoms with Gasteiger partial charge in [0.05, 0.1) is 6.54 Å². The Morgan fingerprint density at radius 3 is 2.42 bits per heavy atom. The average Bonchev–Trinajstić information content (AvgIpc) is 2.67. The zero-order valence-corrected chi connectivity index (χ0v) is 12.4. The number of urea groups is 1. The summed E-state index contributed by atoms with van der Waals surface area (Å²) in [5.41, 5.74) is -0.539. The van der Waals surface area contributed by atoms with Gasteiger partial charge in [0.1, 0.15) is 6.04 Å². The van der Waals surface area contributed by atoms with Crippen LogP contribution < -0.4 is 10.6 Å². The number of aryl methyl sites for hydroxylation is 1. The van der Waals surface area contributed by atoms with Crippen molar-refractivity contribution in [1.29, 1.82) is 0 Å². The molecule has 0 radical (unpaired) electrons. The highest BCUT2D eigenvalue weighted by molar-refractivity contribution is 7.11. The van der Waals surface area contributed by atoms with Crippen LogP contribution in [0.2, 0.25) is 0 Å². The van der Waals surface area contributed by atoms with Crippen molar-refractivity contribution in [2.75, 3.05) is 0 Å². The molecule has 1 heterocycles. The van der Waals surface area contributed by atoms with Crippen molar-refractivity contribution in [2.45, 2.75) is 40.3 Å². The molecule has 0 saturated carbocycles. The smallest absolute Gasteiger partial charge is 0.326 e. The second-order valence-electron chi connectivity index (χ2n) is 5.48. The molecule has 0 aliphatic carbocycles. The largest absolute Gasteiger partial charge is 0.480 e. The van der Waals surface area contributed by atoms with Crippen molar-refractivity contribution < 1.29 is 14.7 Å². The Bertz CT molecular complexity index is 463. The van der Waals surface area contributed by atoms with Gasteiger partial charge in [0.25, 0.3) is 0 Å². The van der Waals surface area contributed by atoms with Crippen LogP contribution in [0.4, 0.5) is 4.79 Å². The lowest BCUT2D eigenvalue weighted by atomic mass is 9.87. The zero-order chi connectivity index (χ0) is 14.6. The van der Waals surface area contributed by atoms with Crippen LogP contribution in [0.5, 0.6) is 0 Å². The number of hydrogen-bond donors (Lipinski definition) is 3. The van der Waals surface area contributed by atoms with Crippen molar-refractivity contribution in [2.24, 2.45) is 5.41 Å². The number of carbonyl (C=O) groups excluding carboxylic acids is 1. The number of carboxylic acid groups (broad SMARTS) is 1. The van der Waals surface area contributed by atoms with E-state index in [1.807, 2.05) is 19.1 Å². The van der Waals surface area contributed by atoms with Crippen molar-refractivity contribution in [3.05, 3.63) is 21.9 Å². The third kappa shape index (κ3) is 4.90. The summed E-state index contributed by atoms with van der Waals surface area (Å²) in [4.78, 5) is 25.0. The van der Waals surface area contributed by atoms with E-state index in [9.17, 15) is 9.59 Å². The molecule has 3 N–H and O–H groups in total. The molecule has 0 aliphatic heterocycles. The molecule has 0 aliphatic rings. The molecule has 0 spiro atoms. The predicted octanol–water partition coefficient (Wildman–Crippen LogP) is 2.36. The molecule has 1 atom stereocenters. The summed E-state index contributed by atoms with van der Waals surface area (Å²) in [5.74, 6) is -1.03. The molecule has 6 heteroatoms. The fourth-order valence-electron chi connectivity index (χ4n) is 1.58. The van der Waals surface area contributed by atoms with E-state index in [2.05, 4.69) is 10.6 Å². The van der Waals surface area contributed by atoms with Crippen LogP contribution in [0.25, 0.3) is 0 Å². The highest BCUT2D eigenvalue weighted by atomic mass is 32.1. The first-order chi connectivity index (χ1) is 8.70. The summed E-state index contributed by atoms with van der Waals surface area (Å²) in [5, 5.41) is 14.3. The molecular weight excluding hydrogens is 264 g/mol. The number of nitrogens with one attached hydrogen (secondary N) is 2. The lowest BCUT2D eigenvalue weighted by Gasteiger charge is -2.27. The van der Waals surface area contributed by atoms with Crippen LogP contribution in [0.1, 0.15) is 30.5 Å². The molecular formula is C13H20N2O3S. The topological polar surface area (TPSA) is 78.4 Å². The van der Waals surface area contributed by atoms with Crippen LogP contribution in [-0.2, 0) is 11.3 Å².